The van der Waals surface area contributed by atoms with Gasteiger partial charge in [0.1, 0.15) is 22.6 Å². The molecule has 0 atom stereocenters. The average Bonchev–Trinajstić information content (AvgIpc) is 3.25. The van der Waals surface area contributed by atoms with Gasteiger partial charge in [-0.05, 0) is 66.6 Å². The fourth-order valence-electron chi connectivity index (χ4n) is 4.59. The van der Waals surface area contributed by atoms with Crippen LogP contribution in [0.15, 0.2) is 107 Å². The van der Waals surface area contributed by atoms with Gasteiger partial charge < -0.3 is 36.2 Å². The van der Waals surface area contributed by atoms with Gasteiger partial charge >= 0.3 is 0 Å². The molecule has 0 aliphatic rings. The molecule has 0 fully saturated rings. The van der Waals surface area contributed by atoms with E-state index in [1.54, 1.807) is 43.5 Å². The summed E-state index contributed by atoms with van der Waals surface area (Å²) in [5.74, 6) is 1.39. The van der Waals surface area contributed by atoms with Crippen molar-refractivity contribution in [1.82, 2.24) is 29.9 Å². The molecule has 0 bridgehead atoms. The zero-order chi connectivity index (χ0) is 53.3. The second-order valence-electron chi connectivity index (χ2n) is 12.9. The van der Waals surface area contributed by atoms with Crippen molar-refractivity contribution in [3.8, 4) is 0 Å². The van der Waals surface area contributed by atoms with Crippen molar-refractivity contribution in [2.24, 2.45) is 0 Å². The fraction of sp³-hybridized carbons (Fsp3) is 0.135. The summed E-state index contributed by atoms with van der Waals surface area (Å²) in [7, 11) is -15.7. The first kappa shape index (κ1) is 65.1. The van der Waals surface area contributed by atoms with Crippen molar-refractivity contribution in [2.75, 3.05) is 46.3 Å². The number of aromatic nitrogens is 6. The maximum atomic E-state index is 12.4. The van der Waals surface area contributed by atoms with Crippen molar-refractivity contribution in [1.29, 1.82) is 0 Å². The summed E-state index contributed by atoms with van der Waals surface area (Å²) in [5, 5.41) is 35.3. The van der Waals surface area contributed by atoms with E-state index in [1.807, 2.05) is 60.7 Å². The first-order valence-corrected chi connectivity index (χ1v) is 27.4. The zero-order valence-electron chi connectivity index (χ0n) is 37.7. The van der Waals surface area contributed by atoms with E-state index in [2.05, 4.69) is 71.9 Å². The molecule has 0 amide bonds. The maximum Gasteiger partial charge on any atom is 0.295 e. The number of anilines is 8. The zero-order valence-corrected chi connectivity index (χ0v) is 45.4. The largest absolute Gasteiger partial charge is 0.378 e. The molecule has 35 heteroatoms. The van der Waals surface area contributed by atoms with Gasteiger partial charge in [0.25, 0.3) is 40.5 Å². The predicted octanol–water partition coefficient (Wildman–Crippen LogP) is 6.18. The monoisotopic (exact) mass is 1200 g/mol. The first-order valence-electron chi connectivity index (χ1n) is 18.5. The van der Waals surface area contributed by atoms with Crippen LogP contribution in [0.2, 0.25) is 0 Å². The van der Waals surface area contributed by atoms with E-state index in [4.69, 9.17) is 28.5 Å². The third kappa shape index (κ3) is 31.5. The molecule has 4 aromatic carbocycles. The molecular formula is C37H43N10O18S6Y-. The minimum atomic E-state index is -4.68. The number of nitrogens with zero attached hydrogens (tertiary/aromatic N) is 6. The van der Waals surface area contributed by atoms with Crippen molar-refractivity contribution in [3.05, 3.63) is 120 Å². The van der Waals surface area contributed by atoms with E-state index in [1.165, 1.54) is 18.2 Å². The molecule has 72 heavy (non-hydrogen) atoms. The molecule has 6 rings (SSSR count). The summed E-state index contributed by atoms with van der Waals surface area (Å²) >= 11 is 1.63. The van der Waals surface area contributed by atoms with Crippen LogP contribution in [0, 0.1) is 13.3 Å². The SMILES string of the molecule is CS(=O)(=O)O.CS(=O)(=O)O.CS(=O)(=O)O.CSOOO.Cc1nc(Nc2ccccc2)nc(Nc2ccc(/C=C/c3ccc(Nc4n[c-]nc(Nc5ccccc5)n4)cc3S(=O)(=O)O)c(SOOO)c2)n1.[Y]. The van der Waals surface area contributed by atoms with Crippen molar-refractivity contribution >= 4 is 123 Å². The first-order chi connectivity index (χ1) is 33.1. The van der Waals surface area contributed by atoms with Crippen LogP contribution in [-0.2, 0) is 91.9 Å². The molecule has 28 nitrogen and oxygen atoms in total. The Morgan fingerprint density at radius 2 is 0.931 bits per heavy atom. The molecule has 10 N–H and O–H groups in total. The van der Waals surface area contributed by atoms with Crippen molar-refractivity contribution < 1.29 is 114 Å². The predicted molar refractivity (Wildman–Crippen MR) is 262 cm³/mol. The van der Waals surface area contributed by atoms with Crippen LogP contribution in [0.4, 0.5) is 46.5 Å². The van der Waals surface area contributed by atoms with Gasteiger partial charge in [-0.15, -0.1) is 8.67 Å². The second kappa shape index (κ2) is 32.3. The molecule has 1 radical (unpaired) electrons. The summed E-state index contributed by atoms with van der Waals surface area (Å²) in [6.45, 7) is 1.74. The summed E-state index contributed by atoms with van der Waals surface area (Å²) < 4.78 is 121. The van der Waals surface area contributed by atoms with Gasteiger partial charge in [0.05, 0.1) is 30.8 Å². The number of rotatable bonds is 16. The molecule has 0 aliphatic heterocycles. The molecule has 389 valence electrons. The number of benzene rings is 4. The number of aryl methyl sites for hydroxylation is 1. The maximum absolute atomic E-state index is 12.4. The van der Waals surface area contributed by atoms with Gasteiger partial charge in [0, 0.05) is 85.0 Å². The average molecular weight is 1200 g/mol. The molecule has 2 heterocycles. The van der Waals surface area contributed by atoms with Crippen LogP contribution in [0.3, 0.4) is 0 Å². The Bertz CT molecular complexity index is 3010. The number of para-hydroxylation sites is 2. The van der Waals surface area contributed by atoms with Gasteiger partial charge in [-0.3, -0.25) is 18.2 Å². The normalized spacial score (nSPS) is 11.0. The van der Waals surface area contributed by atoms with E-state index in [9.17, 15) is 38.2 Å². The Balaban J connectivity index is 0.00000105. The van der Waals surface area contributed by atoms with Gasteiger partial charge in [-0.2, -0.15) is 48.6 Å². The number of hydrogen-bond donors (Lipinski definition) is 10. The van der Waals surface area contributed by atoms with Gasteiger partial charge in [0.2, 0.25) is 11.9 Å². The van der Waals surface area contributed by atoms with Gasteiger partial charge in [0.15, 0.2) is 0 Å². The summed E-state index contributed by atoms with van der Waals surface area (Å²) in [6, 6.07) is 28.1. The third-order valence-electron chi connectivity index (χ3n) is 6.84. The molecule has 6 aromatic rings. The molecule has 0 aliphatic carbocycles. The fourth-order valence-corrected chi connectivity index (χ4v) is 5.87. The molecular weight excluding hydrogens is 1150 g/mol. The summed E-state index contributed by atoms with van der Waals surface area (Å²) in [4.78, 5) is 25.4. The number of hydrogen-bond acceptors (Lipinski definition) is 26. The topological polar surface area (TPSA) is 420 Å². The van der Waals surface area contributed by atoms with Crippen LogP contribution >= 0.6 is 24.1 Å². The third-order valence-corrected chi connectivity index (χ3v) is 8.61. The Morgan fingerprint density at radius 1 is 0.542 bits per heavy atom. The minimum absolute atomic E-state index is 0. The molecule has 0 spiro atoms. The van der Waals surface area contributed by atoms with Crippen LogP contribution in [-0.4, -0.2) is 117 Å². The summed E-state index contributed by atoms with van der Waals surface area (Å²) in [6.07, 6.45) is 9.36. The summed E-state index contributed by atoms with van der Waals surface area (Å²) in [5.41, 5.74) is 3.11. The Kier molecular flexibility index (Phi) is 29.2. The Morgan fingerprint density at radius 3 is 1.36 bits per heavy atom. The molecule has 2 aromatic heterocycles. The quantitative estimate of drug-likeness (QED) is 0.0129. The Labute approximate surface area is 446 Å². The van der Waals surface area contributed by atoms with Gasteiger partial charge in [-0.25, -0.2) is 10.5 Å². The van der Waals surface area contributed by atoms with Crippen LogP contribution in [0.25, 0.3) is 12.2 Å². The molecule has 0 saturated heterocycles. The smallest absolute Gasteiger partial charge is 0.295 e. The Hall–Kier alpha value is -4.96. The van der Waals surface area contributed by atoms with Crippen molar-refractivity contribution in [2.45, 2.75) is 16.7 Å². The van der Waals surface area contributed by atoms with Gasteiger partial charge in [-0.1, -0.05) is 70.8 Å². The molecule has 0 unspecified atom stereocenters. The van der Waals surface area contributed by atoms with E-state index >= 15 is 0 Å². The van der Waals surface area contributed by atoms with Crippen molar-refractivity contribution in [3.63, 3.8) is 0 Å². The van der Waals surface area contributed by atoms with E-state index in [-0.39, 0.29) is 66.7 Å². The van der Waals surface area contributed by atoms with Crippen LogP contribution < -0.4 is 21.3 Å². The molecule has 0 saturated carbocycles. The van der Waals surface area contributed by atoms with E-state index in [0.717, 1.165) is 23.4 Å². The van der Waals surface area contributed by atoms with E-state index in [0.29, 0.717) is 58.7 Å². The number of nitrogens with one attached hydrogen (secondary N) is 4. The van der Waals surface area contributed by atoms with E-state index < -0.39 is 40.5 Å². The van der Waals surface area contributed by atoms with Crippen LogP contribution in [0.5, 0.6) is 0 Å². The minimum Gasteiger partial charge on any atom is -0.378 e. The second-order valence-corrected chi connectivity index (χ2v) is 19.9. The standard InChI is InChI=1S/C33H27N10O6S2.4CH4O3S.Y/c1-21-36-32(39-25-10-6-3-7-11-25)43-33(37-21)41-26-16-14-22(28(18-26)50-49-48-44)12-13-23-15-17-27(19-29(23)51(45,46)47)40-31-35-20-34-30(42-31)38-24-8-4-2-5-9-24;3*1-5(2,3)4;1-5-4-3-2;/h2-19,44H,1H3,(H,45,46,47)(H2,34,35,38,40,42)(H2,36,37,39,41,43);3*1H3,(H,2,3,4);2H,1H3;/q-1;;;;;/b13-12+;;;;;. The van der Waals surface area contributed by atoms with Crippen LogP contribution in [0.1, 0.15) is 17.0 Å².